The summed E-state index contributed by atoms with van der Waals surface area (Å²) in [5.74, 6) is 0.726. The number of hydrogen-bond donors (Lipinski definition) is 1. The van der Waals surface area contributed by atoms with Gasteiger partial charge in [-0.3, -0.25) is 0 Å². The van der Waals surface area contributed by atoms with Crippen LogP contribution in [0.15, 0.2) is 0 Å². The Balaban J connectivity index is 2.12. The van der Waals surface area contributed by atoms with Crippen molar-refractivity contribution in [2.45, 2.75) is 51.5 Å². The second-order valence-electron chi connectivity index (χ2n) is 4.95. The zero-order chi connectivity index (χ0) is 11.9. The van der Waals surface area contributed by atoms with Gasteiger partial charge < -0.3 is 10.2 Å². The fraction of sp³-hybridized carbons (Fsp3) is 1.00. The Morgan fingerprint density at radius 3 is 2.31 bits per heavy atom. The van der Waals surface area contributed by atoms with E-state index in [1.54, 1.807) is 0 Å². The molecule has 1 heterocycles. The minimum Gasteiger partial charge on any atom is -0.310 e. The van der Waals surface area contributed by atoms with Gasteiger partial charge >= 0.3 is 0 Å². The van der Waals surface area contributed by atoms with Gasteiger partial charge in [-0.2, -0.15) is 0 Å². The molecule has 0 amide bonds. The molecule has 1 N–H and O–H groups in total. The first-order chi connectivity index (χ1) is 7.76. The smallest absolute Gasteiger partial charge is 0.0405 e. The minimum atomic E-state index is 0.173. The summed E-state index contributed by atoms with van der Waals surface area (Å²) in [6.45, 7) is 9.41. The minimum absolute atomic E-state index is 0.173. The molecule has 1 rings (SSSR count). The van der Waals surface area contributed by atoms with E-state index >= 15 is 0 Å². The number of rotatable bonds is 8. The lowest BCUT2D eigenvalue weighted by molar-refractivity contribution is 0.299. The SMILES string of the molecule is CCC(CC)(CCl)NCCCN1CCCC1. The van der Waals surface area contributed by atoms with Crippen LogP contribution in [0.2, 0.25) is 0 Å². The second-order valence-corrected chi connectivity index (χ2v) is 5.22. The molecule has 0 aromatic carbocycles. The Morgan fingerprint density at radius 2 is 1.81 bits per heavy atom. The molecule has 0 radical (unpaired) electrons. The predicted molar refractivity (Wildman–Crippen MR) is 72.3 cm³/mol. The molecule has 16 heavy (non-hydrogen) atoms. The van der Waals surface area contributed by atoms with Crippen LogP contribution in [0.25, 0.3) is 0 Å². The molecular weight excluding hydrogens is 220 g/mol. The van der Waals surface area contributed by atoms with Crippen molar-refractivity contribution in [2.24, 2.45) is 0 Å². The fourth-order valence-electron chi connectivity index (χ4n) is 2.40. The Bertz CT molecular complexity index is 167. The van der Waals surface area contributed by atoms with Gasteiger partial charge in [0.15, 0.2) is 0 Å². The summed E-state index contributed by atoms with van der Waals surface area (Å²) in [5.41, 5.74) is 0.173. The van der Waals surface area contributed by atoms with Crippen molar-refractivity contribution in [1.29, 1.82) is 0 Å². The van der Waals surface area contributed by atoms with E-state index in [1.807, 2.05) is 0 Å². The van der Waals surface area contributed by atoms with Gasteiger partial charge in [0.1, 0.15) is 0 Å². The number of nitrogens with one attached hydrogen (secondary N) is 1. The monoisotopic (exact) mass is 246 g/mol. The summed E-state index contributed by atoms with van der Waals surface area (Å²) in [6.07, 6.45) is 6.28. The zero-order valence-corrected chi connectivity index (χ0v) is 11.7. The lowest BCUT2D eigenvalue weighted by atomic mass is 9.95. The lowest BCUT2D eigenvalue weighted by Gasteiger charge is -2.31. The van der Waals surface area contributed by atoms with Crippen LogP contribution in [-0.4, -0.2) is 42.5 Å². The van der Waals surface area contributed by atoms with Crippen molar-refractivity contribution < 1.29 is 0 Å². The molecule has 96 valence electrons. The van der Waals surface area contributed by atoms with Gasteiger partial charge in [0.25, 0.3) is 0 Å². The molecule has 0 aromatic rings. The second kappa shape index (κ2) is 7.52. The highest BCUT2D eigenvalue weighted by molar-refractivity contribution is 6.18. The predicted octanol–water partition coefficient (Wildman–Crippen LogP) is 2.86. The summed E-state index contributed by atoms with van der Waals surface area (Å²) >= 11 is 6.06. The Kier molecular flexibility index (Phi) is 6.71. The molecule has 1 aliphatic rings. The van der Waals surface area contributed by atoms with Crippen molar-refractivity contribution in [3.05, 3.63) is 0 Å². The molecular formula is C13H27ClN2. The van der Waals surface area contributed by atoms with Crippen LogP contribution in [0.3, 0.4) is 0 Å². The summed E-state index contributed by atoms with van der Waals surface area (Å²) in [4.78, 5) is 2.57. The van der Waals surface area contributed by atoms with Crippen LogP contribution in [-0.2, 0) is 0 Å². The number of nitrogens with zero attached hydrogens (tertiary/aromatic N) is 1. The third-order valence-electron chi connectivity index (χ3n) is 3.96. The van der Waals surface area contributed by atoms with Gasteiger partial charge in [-0.1, -0.05) is 13.8 Å². The number of hydrogen-bond acceptors (Lipinski definition) is 2. The average Bonchev–Trinajstić information content (AvgIpc) is 2.83. The lowest BCUT2D eigenvalue weighted by Crippen LogP contribution is -2.46. The molecule has 0 aromatic heterocycles. The standard InChI is InChI=1S/C13H27ClN2/c1-3-13(4-2,12-14)15-8-7-11-16-9-5-6-10-16/h15H,3-12H2,1-2H3. The first-order valence-corrected chi connectivity index (χ1v) is 7.33. The Hall–Kier alpha value is 0.210. The van der Waals surface area contributed by atoms with Crippen LogP contribution in [0, 0.1) is 0 Å². The highest BCUT2D eigenvalue weighted by Gasteiger charge is 2.23. The quantitative estimate of drug-likeness (QED) is 0.524. The van der Waals surface area contributed by atoms with Crippen LogP contribution in [0.5, 0.6) is 0 Å². The van der Waals surface area contributed by atoms with Crippen molar-refractivity contribution >= 4 is 11.6 Å². The van der Waals surface area contributed by atoms with Crippen molar-refractivity contribution in [1.82, 2.24) is 10.2 Å². The highest BCUT2D eigenvalue weighted by atomic mass is 35.5. The van der Waals surface area contributed by atoms with Gasteiger partial charge in [-0.15, -0.1) is 11.6 Å². The topological polar surface area (TPSA) is 15.3 Å². The number of alkyl halides is 1. The number of halogens is 1. The molecule has 0 spiro atoms. The van der Waals surface area contributed by atoms with Crippen LogP contribution < -0.4 is 5.32 Å². The Morgan fingerprint density at radius 1 is 1.19 bits per heavy atom. The van der Waals surface area contributed by atoms with Gasteiger partial charge in [0.2, 0.25) is 0 Å². The van der Waals surface area contributed by atoms with Crippen LogP contribution in [0.4, 0.5) is 0 Å². The maximum atomic E-state index is 6.06. The maximum absolute atomic E-state index is 6.06. The molecule has 0 aliphatic carbocycles. The van der Waals surface area contributed by atoms with Crippen molar-refractivity contribution in [3.8, 4) is 0 Å². The van der Waals surface area contributed by atoms with Crippen molar-refractivity contribution in [2.75, 3.05) is 32.1 Å². The van der Waals surface area contributed by atoms with E-state index in [-0.39, 0.29) is 5.54 Å². The van der Waals surface area contributed by atoms with E-state index in [9.17, 15) is 0 Å². The van der Waals surface area contributed by atoms with Gasteiger partial charge in [0.05, 0.1) is 0 Å². The summed E-state index contributed by atoms with van der Waals surface area (Å²) < 4.78 is 0. The fourth-order valence-corrected chi connectivity index (χ4v) is 2.87. The molecule has 3 heteroatoms. The first kappa shape index (κ1) is 14.3. The molecule has 0 saturated carbocycles. The highest BCUT2D eigenvalue weighted by Crippen LogP contribution is 2.16. The van der Waals surface area contributed by atoms with E-state index in [2.05, 4.69) is 24.1 Å². The first-order valence-electron chi connectivity index (χ1n) is 6.79. The molecule has 0 unspecified atom stereocenters. The third-order valence-corrected chi connectivity index (χ3v) is 4.47. The molecule has 1 saturated heterocycles. The van der Waals surface area contributed by atoms with Gasteiger partial charge in [-0.25, -0.2) is 0 Å². The average molecular weight is 247 g/mol. The van der Waals surface area contributed by atoms with E-state index in [1.165, 1.54) is 38.9 Å². The maximum Gasteiger partial charge on any atom is 0.0405 e. The zero-order valence-electron chi connectivity index (χ0n) is 10.9. The van der Waals surface area contributed by atoms with Crippen LogP contribution >= 0.6 is 11.6 Å². The van der Waals surface area contributed by atoms with E-state index < -0.39 is 0 Å². The van der Waals surface area contributed by atoms with Gasteiger partial charge in [-0.05, 0) is 58.3 Å². The summed E-state index contributed by atoms with van der Waals surface area (Å²) in [7, 11) is 0. The van der Waals surface area contributed by atoms with Gasteiger partial charge in [0, 0.05) is 11.4 Å². The summed E-state index contributed by atoms with van der Waals surface area (Å²) in [6, 6.07) is 0. The largest absolute Gasteiger partial charge is 0.310 e. The normalized spacial score (nSPS) is 18.2. The van der Waals surface area contributed by atoms with Crippen LogP contribution in [0.1, 0.15) is 46.0 Å². The Labute approximate surface area is 106 Å². The van der Waals surface area contributed by atoms with E-state index in [4.69, 9.17) is 11.6 Å². The molecule has 0 atom stereocenters. The van der Waals surface area contributed by atoms with E-state index in [0.29, 0.717) is 0 Å². The molecule has 1 aliphatic heterocycles. The molecule has 0 bridgehead atoms. The van der Waals surface area contributed by atoms with E-state index in [0.717, 1.165) is 25.3 Å². The number of likely N-dealkylation sites (tertiary alicyclic amines) is 1. The summed E-state index contributed by atoms with van der Waals surface area (Å²) in [5, 5.41) is 3.65. The molecule has 2 nitrogen and oxygen atoms in total. The third kappa shape index (κ3) is 4.23. The van der Waals surface area contributed by atoms with Crippen molar-refractivity contribution in [3.63, 3.8) is 0 Å². The molecule has 1 fully saturated rings.